The molecule has 5 heteroatoms. The van der Waals surface area contributed by atoms with Gasteiger partial charge in [0.25, 0.3) is 0 Å². The minimum absolute atomic E-state index is 0.0153. The van der Waals surface area contributed by atoms with Crippen molar-refractivity contribution in [1.29, 1.82) is 0 Å². The Kier molecular flexibility index (Phi) is 4.52. The topological polar surface area (TPSA) is 44.8 Å². The van der Waals surface area contributed by atoms with Crippen LogP contribution in [-0.2, 0) is 0 Å². The number of hydrogen-bond acceptors (Lipinski definition) is 3. The first-order valence-electron chi connectivity index (χ1n) is 8.10. The fourth-order valence-corrected chi connectivity index (χ4v) is 3.18. The summed E-state index contributed by atoms with van der Waals surface area (Å²) in [5.74, 6) is 0.704. The summed E-state index contributed by atoms with van der Waals surface area (Å²) in [5.41, 5.74) is 0.744. The second-order valence-corrected chi connectivity index (χ2v) is 6.30. The maximum absolute atomic E-state index is 12.8. The molecule has 120 valence electrons. The van der Waals surface area contributed by atoms with Crippen LogP contribution in [0, 0.1) is 0 Å². The fourth-order valence-electron chi connectivity index (χ4n) is 3.18. The molecule has 2 aliphatic rings. The van der Waals surface area contributed by atoms with Gasteiger partial charge in [-0.2, -0.15) is 0 Å². The Morgan fingerprint density at radius 2 is 1.82 bits per heavy atom. The Labute approximate surface area is 132 Å². The van der Waals surface area contributed by atoms with Gasteiger partial charge in [0.15, 0.2) is 0 Å². The standard InChI is InChI=1S/C17H25N3O2/c1-19-11-9-14(10-12-19)20(13-7-8-13)17(21)18-15-5-3-4-6-16(15)22-2/h3-6,13-14H,7-12H2,1-2H3,(H,18,21). The van der Waals surface area contributed by atoms with Crippen molar-refractivity contribution >= 4 is 11.7 Å². The number of hydrogen-bond donors (Lipinski definition) is 1. The molecular weight excluding hydrogens is 278 g/mol. The molecule has 22 heavy (non-hydrogen) atoms. The summed E-state index contributed by atoms with van der Waals surface area (Å²) in [5, 5.41) is 3.04. The van der Waals surface area contributed by atoms with Crippen molar-refractivity contribution in [2.45, 2.75) is 37.8 Å². The van der Waals surface area contributed by atoms with Gasteiger partial charge in [0.2, 0.25) is 0 Å². The van der Waals surface area contributed by atoms with Gasteiger partial charge in [-0.25, -0.2) is 4.79 Å². The molecule has 1 aliphatic carbocycles. The largest absolute Gasteiger partial charge is 0.495 e. The zero-order valence-electron chi connectivity index (χ0n) is 13.4. The summed E-state index contributed by atoms with van der Waals surface area (Å²) in [6.45, 7) is 2.13. The van der Waals surface area contributed by atoms with Crippen LogP contribution in [0.5, 0.6) is 5.75 Å². The predicted molar refractivity (Wildman–Crippen MR) is 87.4 cm³/mol. The summed E-state index contributed by atoms with van der Waals surface area (Å²) in [4.78, 5) is 17.2. The monoisotopic (exact) mass is 303 g/mol. The van der Waals surface area contributed by atoms with Crippen molar-refractivity contribution in [3.8, 4) is 5.75 Å². The molecule has 5 nitrogen and oxygen atoms in total. The summed E-state index contributed by atoms with van der Waals surface area (Å²) in [7, 11) is 3.77. The van der Waals surface area contributed by atoms with Crippen molar-refractivity contribution in [3.63, 3.8) is 0 Å². The predicted octanol–water partition coefficient (Wildman–Crippen LogP) is 2.79. The molecule has 1 aromatic rings. The lowest BCUT2D eigenvalue weighted by atomic mass is 10.0. The molecule has 0 bridgehead atoms. The highest BCUT2D eigenvalue weighted by atomic mass is 16.5. The van der Waals surface area contributed by atoms with E-state index in [1.807, 2.05) is 24.3 Å². The van der Waals surface area contributed by atoms with Gasteiger partial charge in [-0.1, -0.05) is 12.1 Å². The number of nitrogens with one attached hydrogen (secondary N) is 1. The third kappa shape index (κ3) is 3.35. The van der Waals surface area contributed by atoms with E-state index in [9.17, 15) is 4.79 Å². The number of methoxy groups -OCH3 is 1. The quantitative estimate of drug-likeness (QED) is 0.930. The van der Waals surface area contributed by atoms with Crippen LogP contribution in [0.2, 0.25) is 0 Å². The maximum atomic E-state index is 12.8. The second kappa shape index (κ2) is 6.57. The van der Waals surface area contributed by atoms with Crippen molar-refractivity contribution in [2.75, 3.05) is 32.6 Å². The van der Waals surface area contributed by atoms with Crippen molar-refractivity contribution in [3.05, 3.63) is 24.3 Å². The number of nitrogens with zero attached hydrogens (tertiary/aromatic N) is 2. The lowest BCUT2D eigenvalue weighted by molar-refractivity contribution is 0.135. The van der Waals surface area contributed by atoms with Crippen LogP contribution in [0.4, 0.5) is 10.5 Å². The summed E-state index contributed by atoms with van der Waals surface area (Å²) in [6.07, 6.45) is 4.38. The van der Waals surface area contributed by atoms with Gasteiger partial charge in [-0.3, -0.25) is 0 Å². The SMILES string of the molecule is COc1ccccc1NC(=O)N(C1CC1)C1CCN(C)CC1. The third-order valence-corrected chi connectivity index (χ3v) is 4.60. The molecule has 0 radical (unpaired) electrons. The summed E-state index contributed by atoms with van der Waals surface area (Å²) < 4.78 is 5.32. The smallest absolute Gasteiger partial charge is 0.322 e. The number of carbonyl (C=O) groups excluding carboxylic acids is 1. The number of ether oxygens (including phenoxy) is 1. The minimum atomic E-state index is 0.0153. The van der Waals surface area contributed by atoms with E-state index >= 15 is 0 Å². The summed E-state index contributed by atoms with van der Waals surface area (Å²) in [6, 6.07) is 8.37. The van der Waals surface area contributed by atoms with Crippen LogP contribution in [0.3, 0.4) is 0 Å². The van der Waals surface area contributed by atoms with Crippen LogP contribution < -0.4 is 10.1 Å². The number of piperidine rings is 1. The van der Waals surface area contributed by atoms with Crippen LogP contribution in [0.25, 0.3) is 0 Å². The number of amides is 2. The number of para-hydroxylation sites is 2. The van der Waals surface area contributed by atoms with Crippen molar-refractivity contribution in [1.82, 2.24) is 9.80 Å². The molecule has 1 N–H and O–H groups in total. The molecule has 0 unspecified atom stereocenters. The normalized spacial score (nSPS) is 19.7. The van der Waals surface area contributed by atoms with Crippen LogP contribution >= 0.6 is 0 Å². The third-order valence-electron chi connectivity index (χ3n) is 4.60. The van der Waals surface area contributed by atoms with Gasteiger partial charge in [0.1, 0.15) is 5.75 Å². The Balaban J connectivity index is 1.70. The fraction of sp³-hybridized carbons (Fsp3) is 0.588. The molecule has 0 spiro atoms. The molecule has 1 saturated heterocycles. The number of benzene rings is 1. The van der Waals surface area contributed by atoms with E-state index in [2.05, 4.69) is 22.2 Å². The number of urea groups is 1. The van der Waals surface area contributed by atoms with Crippen LogP contribution in [0.1, 0.15) is 25.7 Å². The maximum Gasteiger partial charge on any atom is 0.322 e. The Morgan fingerprint density at radius 3 is 2.45 bits per heavy atom. The molecule has 1 saturated carbocycles. The van der Waals surface area contributed by atoms with E-state index in [1.165, 1.54) is 0 Å². The van der Waals surface area contributed by atoms with E-state index in [0.29, 0.717) is 17.8 Å². The van der Waals surface area contributed by atoms with Gasteiger partial charge in [0, 0.05) is 12.1 Å². The van der Waals surface area contributed by atoms with Crippen molar-refractivity contribution in [2.24, 2.45) is 0 Å². The Hall–Kier alpha value is -1.75. The first-order valence-corrected chi connectivity index (χ1v) is 8.10. The number of rotatable bonds is 4. The molecule has 0 atom stereocenters. The molecule has 1 aliphatic heterocycles. The van der Waals surface area contributed by atoms with Gasteiger partial charge in [0.05, 0.1) is 12.8 Å². The average Bonchev–Trinajstić information content (AvgIpc) is 3.35. The van der Waals surface area contributed by atoms with E-state index < -0.39 is 0 Å². The first-order chi connectivity index (χ1) is 10.7. The van der Waals surface area contributed by atoms with E-state index in [1.54, 1.807) is 7.11 Å². The molecule has 1 aromatic carbocycles. The van der Waals surface area contributed by atoms with Gasteiger partial charge >= 0.3 is 6.03 Å². The van der Waals surface area contributed by atoms with Crippen LogP contribution in [0.15, 0.2) is 24.3 Å². The van der Waals surface area contributed by atoms with Gasteiger partial charge in [-0.15, -0.1) is 0 Å². The summed E-state index contributed by atoms with van der Waals surface area (Å²) >= 11 is 0. The lowest BCUT2D eigenvalue weighted by Crippen LogP contribution is -2.49. The first kappa shape index (κ1) is 15.2. The Morgan fingerprint density at radius 1 is 1.18 bits per heavy atom. The zero-order chi connectivity index (χ0) is 15.5. The molecule has 1 heterocycles. The highest BCUT2D eigenvalue weighted by Crippen LogP contribution is 2.33. The number of carbonyl (C=O) groups is 1. The highest BCUT2D eigenvalue weighted by molar-refractivity contribution is 5.91. The molecular formula is C17H25N3O2. The highest BCUT2D eigenvalue weighted by Gasteiger charge is 2.38. The number of anilines is 1. The molecule has 2 amide bonds. The second-order valence-electron chi connectivity index (χ2n) is 6.30. The molecule has 0 aromatic heterocycles. The van der Waals surface area contributed by atoms with E-state index in [0.717, 1.165) is 44.5 Å². The zero-order valence-corrected chi connectivity index (χ0v) is 13.4. The van der Waals surface area contributed by atoms with Gasteiger partial charge in [-0.05, 0) is 58.0 Å². The van der Waals surface area contributed by atoms with E-state index in [-0.39, 0.29) is 6.03 Å². The number of likely N-dealkylation sites (tertiary alicyclic amines) is 1. The van der Waals surface area contributed by atoms with Gasteiger partial charge < -0.3 is 19.9 Å². The van der Waals surface area contributed by atoms with Crippen molar-refractivity contribution < 1.29 is 9.53 Å². The van der Waals surface area contributed by atoms with Crippen LogP contribution in [-0.4, -0.2) is 55.2 Å². The Bertz CT molecular complexity index is 522. The molecule has 3 rings (SSSR count). The van der Waals surface area contributed by atoms with E-state index in [4.69, 9.17) is 4.74 Å². The lowest BCUT2D eigenvalue weighted by Gasteiger charge is -2.37. The molecule has 2 fully saturated rings. The minimum Gasteiger partial charge on any atom is -0.495 e. The average molecular weight is 303 g/mol.